The highest BCUT2D eigenvalue weighted by atomic mass is 16.6. The number of hydrogen-bond donors (Lipinski definition) is 0. The monoisotopic (exact) mass is 374 g/mol. The quantitative estimate of drug-likeness (QED) is 0.443. The molecule has 0 N–H and O–H groups in total. The minimum absolute atomic E-state index is 0.152. The zero-order chi connectivity index (χ0) is 19.6. The SMILES string of the molecule is C[C@@H](OC(=O)c1cc2c(cc1[N+](=O)[O-])OCCO2)c1cccc([N+](=O)[O-])c1. The van der Waals surface area contributed by atoms with Gasteiger partial charge < -0.3 is 14.2 Å². The van der Waals surface area contributed by atoms with E-state index in [1.54, 1.807) is 6.07 Å². The molecule has 0 bridgehead atoms. The largest absolute Gasteiger partial charge is 0.486 e. The minimum atomic E-state index is -0.947. The molecule has 0 saturated heterocycles. The lowest BCUT2D eigenvalue weighted by molar-refractivity contribution is -0.385. The number of carbonyl (C=O) groups is 1. The van der Waals surface area contributed by atoms with Gasteiger partial charge in [-0.15, -0.1) is 0 Å². The summed E-state index contributed by atoms with van der Waals surface area (Å²) in [6, 6.07) is 7.92. The lowest BCUT2D eigenvalue weighted by atomic mass is 10.1. The van der Waals surface area contributed by atoms with Gasteiger partial charge in [-0.25, -0.2) is 4.79 Å². The van der Waals surface area contributed by atoms with Crippen LogP contribution in [0.5, 0.6) is 11.5 Å². The fourth-order valence-electron chi connectivity index (χ4n) is 2.58. The van der Waals surface area contributed by atoms with Gasteiger partial charge in [0, 0.05) is 18.2 Å². The number of esters is 1. The average Bonchev–Trinajstić information content (AvgIpc) is 2.66. The van der Waals surface area contributed by atoms with E-state index < -0.39 is 27.6 Å². The Morgan fingerprint density at radius 1 is 1.07 bits per heavy atom. The first-order chi connectivity index (χ1) is 12.9. The van der Waals surface area contributed by atoms with Crippen LogP contribution < -0.4 is 9.47 Å². The van der Waals surface area contributed by atoms with Gasteiger partial charge in [-0.3, -0.25) is 20.2 Å². The van der Waals surface area contributed by atoms with Crippen molar-refractivity contribution in [3.05, 3.63) is 67.8 Å². The fraction of sp³-hybridized carbons (Fsp3) is 0.235. The molecule has 0 aliphatic carbocycles. The van der Waals surface area contributed by atoms with E-state index in [0.717, 1.165) is 6.07 Å². The zero-order valence-electron chi connectivity index (χ0n) is 14.1. The number of rotatable bonds is 5. The molecule has 140 valence electrons. The van der Waals surface area contributed by atoms with Crippen molar-refractivity contribution in [3.8, 4) is 11.5 Å². The first-order valence-electron chi connectivity index (χ1n) is 7.90. The predicted octanol–water partition coefficient (Wildman–Crippen LogP) is 3.19. The third-order valence-electron chi connectivity index (χ3n) is 3.91. The summed E-state index contributed by atoms with van der Waals surface area (Å²) in [6.45, 7) is 2.02. The maximum atomic E-state index is 12.5. The van der Waals surface area contributed by atoms with Crippen molar-refractivity contribution >= 4 is 17.3 Å². The molecule has 0 amide bonds. The maximum absolute atomic E-state index is 12.5. The molecule has 27 heavy (non-hydrogen) atoms. The molecule has 3 rings (SSSR count). The van der Waals surface area contributed by atoms with E-state index >= 15 is 0 Å². The topological polar surface area (TPSA) is 131 Å². The van der Waals surface area contributed by atoms with E-state index in [4.69, 9.17) is 14.2 Å². The van der Waals surface area contributed by atoms with Crippen LogP contribution in [0, 0.1) is 20.2 Å². The molecule has 2 aromatic rings. The standard InChI is InChI=1S/C17H14N2O8/c1-10(11-3-2-4-12(7-11)18(21)22)27-17(20)13-8-15-16(26-6-5-25-15)9-14(13)19(23)24/h2-4,7-10H,5-6H2,1H3/t10-/m1/s1. The van der Waals surface area contributed by atoms with Gasteiger partial charge >= 0.3 is 5.97 Å². The van der Waals surface area contributed by atoms with E-state index in [2.05, 4.69) is 0 Å². The van der Waals surface area contributed by atoms with Crippen molar-refractivity contribution in [1.82, 2.24) is 0 Å². The number of nitro groups is 2. The number of fused-ring (bicyclic) bond motifs is 1. The third kappa shape index (κ3) is 3.78. The van der Waals surface area contributed by atoms with Crippen molar-refractivity contribution in [1.29, 1.82) is 0 Å². The molecule has 0 saturated carbocycles. The van der Waals surface area contributed by atoms with Gasteiger partial charge in [0.1, 0.15) is 24.9 Å². The van der Waals surface area contributed by atoms with E-state index in [0.29, 0.717) is 5.56 Å². The minimum Gasteiger partial charge on any atom is -0.486 e. The smallest absolute Gasteiger partial charge is 0.345 e. The Morgan fingerprint density at radius 3 is 2.37 bits per heavy atom. The van der Waals surface area contributed by atoms with Crippen molar-refractivity contribution in [3.63, 3.8) is 0 Å². The Bertz CT molecular complexity index is 927. The number of nitrogens with zero attached hydrogens (tertiary/aromatic N) is 2. The molecule has 1 aliphatic heterocycles. The molecule has 10 heteroatoms. The fourth-order valence-corrected chi connectivity index (χ4v) is 2.58. The lowest BCUT2D eigenvalue weighted by Crippen LogP contribution is -2.17. The summed E-state index contributed by atoms with van der Waals surface area (Å²) < 4.78 is 15.9. The summed E-state index contributed by atoms with van der Waals surface area (Å²) in [5.74, 6) is -0.560. The van der Waals surface area contributed by atoms with Crippen LogP contribution in [0.4, 0.5) is 11.4 Å². The van der Waals surface area contributed by atoms with Crippen LogP contribution in [0.3, 0.4) is 0 Å². The molecule has 0 aromatic heterocycles. The van der Waals surface area contributed by atoms with Crippen LogP contribution >= 0.6 is 0 Å². The number of non-ortho nitro benzene ring substituents is 1. The Hall–Kier alpha value is -3.69. The number of carbonyl (C=O) groups excluding carboxylic acids is 1. The molecule has 1 heterocycles. The van der Waals surface area contributed by atoms with Gasteiger partial charge in [-0.2, -0.15) is 0 Å². The van der Waals surface area contributed by atoms with Gasteiger partial charge in [-0.1, -0.05) is 12.1 Å². The van der Waals surface area contributed by atoms with Crippen molar-refractivity contribution in [2.75, 3.05) is 13.2 Å². The van der Waals surface area contributed by atoms with Gasteiger partial charge in [0.15, 0.2) is 11.5 Å². The van der Waals surface area contributed by atoms with Crippen LogP contribution in [-0.4, -0.2) is 29.0 Å². The number of hydrogen-bond acceptors (Lipinski definition) is 8. The highest BCUT2D eigenvalue weighted by Crippen LogP contribution is 2.37. The van der Waals surface area contributed by atoms with Crippen molar-refractivity contribution in [2.24, 2.45) is 0 Å². The molecular formula is C17H14N2O8. The van der Waals surface area contributed by atoms with Gasteiger partial charge in [0.2, 0.25) is 0 Å². The van der Waals surface area contributed by atoms with Gasteiger partial charge in [0.05, 0.1) is 15.9 Å². The van der Waals surface area contributed by atoms with E-state index in [9.17, 15) is 25.0 Å². The lowest BCUT2D eigenvalue weighted by Gasteiger charge is -2.19. The highest BCUT2D eigenvalue weighted by molar-refractivity contribution is 5.95. The third-order valence-corrected chi connectivity index (χ3v) is 3.91. The highest BCUT2D eigenvalue weighted by Gasteiger charge is 2.28. The van der Waals surface area contributed by atoms with Crippen molar-refractivity contribution < 1.29 is 28.9 Å². The van der Waals surface area contributed by atoms with E-state index in [-0.39, 0.29) is 36.0 Å². The molecule has 1 aliphatic rings. The molecule has 1 atom stereocenters. The predicted molar refractivity (Wildman–Crippen MR) is 91.0 cm³/mol. The Kier molecular flexibility index (Phi) is 4.88. The second-order valence-corrected chi connectivity index (χ2v) is 5.67. The van der Waals surface area contributed by atoms with Crippen LogP contribution in [0.25, 0.3) is 0 Å². The van der Waals surface area contributed by atoms with E-state index in [1.165, 1.54) is 31.2 Å². The Morgan fingerprint density at radius 2 is 1.74 bits per heavy atom. The molecular weight excluding hydrogens is 360 g/mol. The Labute approximate surface area is 152 Å². The molecule has 2 aromatic carbocycles. The van der Waals surface area contributed by atoms with E-state index in [1.807, 2.05) is 0 Å². The molecule has 0 spiro atoms. The number of nitro benzene ring substituents is 2. The summed E-state index contributed by atoms with van der Waals surface area (Å²) in [4.78, 5) is 33.4. The zero-order valence-corrected chi connectivity index (χ0v) is 14.1. The molecule has 10 nitrogen and oxygen atoms in total. The van der Waals surface area contributed by atoms with Crippen LogP contribution in [-0.2, 0) is 4.74 Å². The summed E-state index contributed by atoms with van der Waals surface area (Å²) in [6.07, 6.45) is -0.856. The van der Waals surface area contributed by atoms with Crippen LogP contribution in [0.15, 0.2) is 36.4 Å². The first-order valence-corrected chi connectivity index (χ1v) is 7.90. The second-order valence-electron chi connectivity index (χ2n) is 5.67. The van der Waals surface area contributed by atoms with Crippen LogP contribution in [0.1, 0.15) is 28.9 Å². The second kappa shape index (κ2) is 7.28. The van der Waals surface area contributed by atoms with Gasteiger partial charge in [0.25, 0.3) is 11.4 Å². The number of benzene rings is 2. The first kappa shape index (κ1) is 18.1. The summed E-state index contributed by atoms with van der Waals surface area (Å²) in [5.41, 5.74) is -0.532. The molecule has 0 radical (unpaired) electrons. The Balaban J connectivity index is 1.88. The number of ether oxygens (including phenoxy) is 3. The summed E-state index contributed by atoms with van der Waals surface area (Å²) >= 11 is 0. The van der Waals surface area contributed by atoms with Gasteiger partial charge in [-0.05, 0) is 12.5 Å². The van der Waals surface area contributed by atoms with Crippen LogP contribution in [0.2, 0.25) is 0 Å². The van der Waals surface area contributed by atoms with Crippen molar-refractivity contribution in [2.45, 2.75) is 13.0 Å². The summed E-state index contributed by atoms with van der Waals surface area (Å²) in [5, 5.41) is 22.2. The molecule has 0 fully saturated rings. The maximum Gasteiger partial charge on any atom is 0.345 e. The average molecular weight is 374 g/mol. The normalized spacial score (nSPS) is 13.5. The summed E-state index contributed by atoms with van der Waals surface area (Å²) in [7, 11) is 0. The molecule has 0 unspecified atom stereocenters.